The van der Waals surface area contributed by atoms with E-state index in [9.17, 15) is 9.59 Å². The van der Waals surface area contributed by atoms with Gasteiger partial charge in [-0.15, -0.1) is 11.3 Å². The molecule has 8 heteroatoms. The van der Waals surface area contributed by atoms with Crippen LogP contribution in [-0.2, 0) is 19.4 Å². The largest absolute Gasteiger partial charge is 0.334 e. The highest BCUT2D eigenvalue weighted by Gasteiger charge is 2.15. The van der Waals surface area contributed by atoms with Gasteiger partial charge in [0.15, 0.2) is 0 Å². The molecule has 7 nitrogen and oxygen atoms in total. The maximum absolute atomic E-state index is 12.1. The number of carbonyl (C=O) groups is 1. The molecule has 2 rings (SSSR count). The molecule has 0 radical (unpaired) electrons. The minimum absolute atomic E-state index is 0.170. The number of urea groups is 1. The van der Waals surface area contributed by atoms with Gasteiger partial charge in [-0.25, -0.2) is 14.9 Å². The van der Waals surface area contributed by atoms with Gasteiger partial charge in [-0.3, -0.25) is 4.79 Å². The van der Waals surface area contributed by atoms with Crippen molar-refractivity contribution in [2.24, 2.45) is 0 Å². The molecule has 0 aliphatic rings. The predicted molar refractivity (Wildman–Crippen MR) is 94.3 cm³/mol. The summed E-state index contributed by atoms with van der Waals surface area (Å²) in [6.07, 6.45) is 3.22. The van der Waals surface area contributed by atoms with Crippen molar-refractivity contribution in [3.63, 3.8) is 0 Å². The summed E-state index contributed by atoms with van der Waals surface area (Å²) in [4.78, 5) is 29.5. The molecule has 130 valence electrons. The summed E-state index contributed by atoms with van der Waals surface area (Å²) in [6, 6.07) is -0.511. The van der Waals surface area contributed by atoms with E-state index in [1.807, 2.05) is 27.7 Å². The lowest BCUT2D eigenvalue weighted by atomic mass is 10.0. The summed E-state index contributed by atoms with van der Waals surface area (Å²) in [5.41, 5.74) is 2.08. The first-order valence-corrected chi connectivity index (χ1v) is 8.83. The van der Waals surface area contributed by atoms with Crippen molar-refractivity contribution >= 4 is 17.4 Å². The van der Waals surface area contributed by atoms with Crippen LogP contribution in [0.2, 0.25) is 0 Å². The molecule has 3 N–H and O–H groups in total. The number of nitrogens with one attached hydrogen (secondary N) is 3. The molecule has 0 bridgehead atoms. The molecule has 2 heterocycles. The summed E-state index contributed by atoms with van der Waals surface area (Å²) in [7, 11) is 0. The molecule has 0 aromatic carbocycles. The van der Waals surface area contributed by atoms with Crippen LogP contribution >= 0.6 is 11.3 Å². The number of carbonyl (C=O) groups excluding carboxylic acids is 1. The van der Waals surface area contributed by atoms with Gasteiger partial charge in [0.2, 0.25) is 0 Å². The SMILES string of the molecule is CCc1n[nH]c(=O)c(CNC(=O)NC(C)c2ncc(C)s2)c1CC. The monoisotopic (exact) mass is 349 g/mol. The number of hydrogen-bond donors (Lipinski definition) is 3. The Kier molecular flexibility index (Phi) is 6.08. The number of H-pyrrole nitrogens is 1. The first kappa shape index (κ1) is 18.1. The van der Waals surface area contributed by atoms with E-state index in [1.54, 1.807) is 17.5 Å². The minimum atomic E-state index is -0.327. The van der Waals surface area contributed by atoms with E-state index in [4.69, 9.17) is 0 Å². The van der Waals surface area contributed by atoms with Crippen LogP contribution in [0.15, 0.2) is 11.0 Å². The van der Waals surface area contributed by atoms with Gasteiger partial charge in [0.1, 0.15) is 5.01 Å². The van der Waals surface area contributed by atoms with E-state index < -0.39 is 0 Å². The average Bonchev–Trinajstić information content (AvgIpc) is 2.99. The standard InChI is InChI=1S/C16H23N5O2S/c1-5-11-12(14(22)21-20-13(11)6-2)8-18-16(23)19-10(4)15-17-7-9(3)24-15/h7,10H,5-6,8H2,1-4H3,(H,21,22)(H2,18,19,23). The summed E-state index contributed by atoms with van der Waals surface area (Å²) < 4.78 is 0. The van der Waals surface area contributed by atoms with Crippen LogP contribution in [0.25, 0.3) is 0 Å². The maximum atomic E-state index is 12.1. The number of aromatic amines is 1. The zero-order valence-corrected chi connectivity index (χ0v) is 15.2. The molecule has 24 heavy (non-hydrogen) atoms. The molecule has 0 spiro atoms. The number of nitrogens with zero attached hydrogens (tertiary/aromatic N) is 2. The third-order valence-electron chi connectivity index (χ3n) is 3.75. The molecule has 2 aromatic heterocycles. The second-order valence-corrected chi connectivity index (χ2v) is 6.79. The van der Waals surface area contributed by atoms with E-state index in [-0.39, 0.29) is 24.2 Å². The van der Waals surface area contributed by atoms with Crippen molar-refractivity contribution in [1.29, 1.82) is 0 Å². The van der Waals surface area contributed by atoms with E-state index in [1.165, 1.54) is 0 Å². The smallest absolute Gasteiger partial charge is 0.315 e. The summed E-state index contributed by atoms with van der Waals surface area (Å²) in [5.74, 6) is 0. The van der Waals surface area contributed by atoms with Gasteiger partial charge in [-0.2, -0.15) is 5.10 Å². The fourth-order valence-electron chi connectivity index (χ4n) is 2.51. The highest BCUT2D eigenvalue weighted by molar-refractivity contribution is 7.11. The number of thiazole rings is 1. The Hall–Kier alpha value is -2.22. The Bertz CT molecular complexity index is 768. The van der Waals surface area contributed by atoms with Crippen LogP contribution in [0.4, 0.5) is 4.79 Å². The average molecular weight is 349 g/mol. The second-order valence-electron chi connectivity index (χ2n) is 5.52. The van der Waals surface area contributed by atoms with Crippen LogP contribution in [0.3, 0.4) is 0 Å². The lowest BCUT2D eigenvalue weighted by Crippen LogP contribution is -2.38. The number of rotatable bonds is 6. The normalized spacial score (nSPS) is 12.0. The Balaban J connectivity index is 2.03. The fraction of sp³-hybridized carbons (Fsp3) is 0.500. The second kappa shape index (κ2) is 8.05. The zero-order valence-electron chi connectivity index (χ0n) is 14.4. The quantitative estimate of drug-likeness (QED) is 0.744. The lowest BCUT2D eigenvalue weighted by Gasteiger charge is -2.14. The van der Waals surface area contributed by atoms with Crippen LogP contribution in [0.5, 0.6) is 0 Å². The van der Waals surface area contributed by atoms with Gasteiger partial charge >= 0.3 is 6.03 Å². The molecule has 1 atom stereocenters. The Morgan fingerprint density at radius 3 is 2.67 bits per heavy atom. The molecule has 2 amide bonds. The van der Waals surface area contributed by atoms with Crippen molar-refractivity contribution < 1.29 is 4.79 Å². The Morgan fingerprint density at radius 2 is 2.08 bits per heavy atom. The van der Waals surface area contributed by atoms with Gasteiger partial charge in [-0.1, -0.05) is 13.8 Å². The molecule has 0 fully saturated rings. The minimum Gasteiger partial charge on any atom is -0.334 e. The first-order valence-electron chi connectivity index (χ1n) is 8.02. The molecule has 0 aliphatic carbocycles. The van der Waals surface area contributed by atoms with Gasteiger partial charge in [-0.05, 0) is 32.3 Å². The van der Waals surface area contributed by atoms with Crippen LogP contribution < -0.4 is 16.2 Å². The van der Waals surface area contributed by atoms with E-state index >= 15 is 0 Å². The summed E-state index contributed by atoms with van der Waals surface area (Å²) >= 11 is 1.55. The third kappa shape index (κ3) is 4.19. The molecule has 2 aromatic rings. The van der Waals surface area contributed by atoms with E-state index in [0.29, 0.717) is 12.0 Å². The molecular formula is C16H23N5O2S. The zero-order chi connectivity index (χ0) is 17.7. The molecule has 0 aliphatic heterocycles. The third-order valence-corrected chi connectivity index (χ3v) is 4.85. The summed E-state index contributed by atoms with van der Waals surface area (Å²) in [6.45, 7) is 7.99. The Labute approximate surface area is 144 Å². The van der Waals surface area contributed by atoms with Crippen molar-refractivity contribution in [3.05, 3.63) is 43.3 Å². The topological polar surface area (TPSA) is 99.8 Å². The molecular weight excluding hydrogens is 326 g/mol. The predicted octanol–water partition coefficient (Wildman–Crippen LogP) is 2.22. The number of aryl methyl sites for hydroxylation is 2. The van der Waals surface area contributed by atoms with Crippen molar-refractivity contribution in [1.82, 2.24) is 25.8 Å². The van der Waals surface area contributed by atoms with Crippen LogP contribution in [-0.4, -0.2) is 21.2 Å². The van der Waals surface area contributed by atoms with E-state index in [0.717, 1.165) is 27.6 Å². The lowest BCUT2D eigenvalue weighted by molar-refractivity contribution is 0.237. The number of aromatic nitrogens is 3. The van der Waals surface area contributed by atoms with Crippen LogP contribution in [0.1, 0.15) is 53.5 Å². The van der Waals surface area contributed by atoms with Gasteiger partial charge < -0.3 is 10.6 Å². The number of amides is 2. The first-order chi connectivity index (χ1) is 11.5. The van der Waals surface area contributed by atoms with Crippen molar-refractivity contribution in [2.45, 2.75) is 53.1 Å². The van der Waals surface area contributed by atoms with Crippen molar-refractivity contribution in [3.8, 4) is 0 Å². The van der Waals surface area contributed by atoms with Crippen molar-refractivity contribution in [2.75, 3.05) is 0 Å². The van der Waals surface area contributed by atoms with Crippen LogP contribution in [0, 0.1) is 6.92 Å². The highest BCUT2D eigenvalue weighted by atomic mass is 32.1. The Morgan fingerprint density at radius 1 is 1.33 bits per heavy atom. The van der Waals surface area contributed by atoms with E-state index in [2.05, 4.69) is 25.8 Å². The van der Waals surface area contributed by atoms with Gasteiger partial charge in [0, 0.05) is 16.6 Å². The molecule has 0 saturated carbocycles. The number of hydrogen-bond acceptors (Lipinski definition) is 5. The molecule has 1 unspecified atom stereocenters. The highest BCUT2D eigenvalue weighted by Crippen LogP contribution is 2.18. The summed E-state index contributed by atoms with van der Waals surface area (Å²) in [5, 5.41) is 13.0. The fourth-order valence-corrected chi connectivity index (χ4v) is 3.29. The van der Waals surface area contributed by atoms with Gasteiger partial charge in [0.25, 0.3) is 5.56 Å². The van der Waals surface area contributed by atoms with Gasteiger partial charge in [0.05, 0.1) is 18.3 Å². The molecule has 0 saturated heterocycles. The maximum Gasteiger partial charge on any atom is 0.315 e.